The maximum Gasteiger partial charge on any atom is 0.135 e. The molecule has 0 saturated heterocycles. The predicted octanol–water partition coefficient (Wildman–Crippen LogP) is 28.7. The van der Waals surface area contributed by atoms with Crippen molar-refractivity contribution in [2.75, 3.05) is 9.80 Å². The van der Waals surface area contributed by atoms with E-state index in [1.54, 1.807) is 0 Å². The SMILES string of the molecule is c1ccc(-c2ccccc2N(c2cc(-c3ccc4oc5ccccc5c4c3)cc(N(c3ccc4c5ccccc5c5ccccc5c5cccc6c7ccccc7n(c4c3)c56)c3ccccc3-c3ccccc3)c2)c2ccc3c4ccccc4c4ccccc4c4cccc5c6ccccc6n(c3c2)c45)cc1. The molecule has 0 aliphatic carbocycles. The average molecular weight is 1360 g/mol. The molecule has 0 bridgehead atoms. The van der Waals surface area contributed by atoms with Crippen LogP contribution in [0, 0.1) is 0 Å². The van der Waals surface area contributed by atoms with E-state index in [9.17, 15) is 0 Å². The Bertz CT molecular complexity index is 7140. The molecule has 17 aromatic carbocycles. The Morgan fingerprint density at radius 1 is 0.178 bits per heavy atom. The Hall–Kier alpha value is -14.3. The maximum atomic E-state index is 6.64. The molecule has 0 unspecified atom stereocenters. The number of hydrogen-bond donors (Lipinski definition) is 0. The standard InChI is InChI=1S/C102H64N4O/c1-3-27-65(28-4-1)73-31-15-20-48-93(73)103(69-54-56-85-79-37-11-7-33-75(79)77-35-9-13-39-81(77)88-44-25-46-90-83-41-17-22-50-95(83)105(101(88)90)97(85)63-69)71-59-68(67-53-58-100-92(61-67)87-43-19-24-52-99(87)107-100)60-72(62-71)104(94-49-21-16-32-74(94)66-29-5-2-6-30-66)70-55-57-86-80-38-12-8-34-76(80)78-36-10-14-40-82(78)89-45-26-47-91-84-42-18-23-51-96(84)106(102(89)91)98(86)64-70/h1-64H. The average Bonchev–Trinajstić information content (AvgIpc) is 1.57. The molecule has 22 rings (SSSR count). The number of nitrogens with zero attached hydrogens (tertiary/aromatic N) is 4. The predicted molar refractivity (Wildman–Crippen MR) is 454 cm³/mol. The van der Waals surface area contributed by atoms with Crippen LogP contribution in [0.4, 0.5) is 34.1 Å². The first-order chi connectivity index (χ1) is 53.1. The fraction of sp³-hybridized carbons (Fsp3) is 0. The summed E-state index contributed by atoms with van der Waals surface area (Å²) in [6.45, 7) is 0. The van der Waals surface area contributed by atoms with Gasteiger partial charge in [0.25, 0.3) is 0 Å². The van der Waals surface area contributed by atoms with E-state index in [1.165, 1.54) is 75.7 Å². The topological polar surface area (TPSA) is 28.4 Å². The summed E-state index contributed by atoms with van der Waals surface area (Å²) in [5.41, 5.74) is 20.8. The van der Waals surface area contributed by atoms with E-state index >= 15 is 0 Å². The Balaban J connectivity index is 0.905. The first kappa shape index (κ1) is 60.3. The van der Waals surface area contributed by atoms with Gasteiger partial charge >= 0.3 is 0 Å². The second kappa shape index (κ2) is 24.2. The molecule has 0 amide bonds. The molecule has 5 heteroatoms. The van der Waals surface area contributed by atoms with Gasteiger partial charge in [-0.3, -0.25) is 0 Å². The summed E-state index contributed by atoms with van der Waals surface area (Å²) in [4.78, 5) is 5.06. The van der Waals surface area contributed by atoms with E-state index in [4.69, 9.17) is 4.42 Å². The van der Waals surface area contributed by atoms with Gasteiger partial charge in [0, 0.05) is 87.7 Å². The van der Waals surface area contributed by atoms with Crippen molar-refractivity contribution in [3.05, 3.63) is 388 Å². The number of furan rings is 1. The van der Waals surface area contributed by atoms with Crippen molar-refractivity contribution < 1.29 is 4.42 Å². The molecule has 0 N–H and O–H groups in total. The van der Waals surface area contributed by atoms with E-state index in [2.05, 4.69) is 407 Å². The summed E-state index contributed by atoms with van der Waals surface area (Å²) >= 11 is 0. The van der Waals surface area contributed by atoms with Crippen molar-refractivity contribution in [3.8, 4) is 33.4 Å². The van der Waals surface area contributed by atoms with E-state index in [0.717, 1.165) is 133 Å². The lowest BCUT2D eigenvalue weighted by Gasteiger charge is -2.32. The highest BCUT2D eigenvalue weighted by atomic mass is 16.3. The fourth-order valence-corrected chi connectivity index (χ4v) is 17.8. The van der Waals surface area contributed by atoms with Crippen LogP contribution in [-0.4, -0.2) is 8.80 Å². The highest BCUT2D eigenvalue weighted by Crippen LogP contribution is 2.51. The van der Waals surface area contributed by atoms with Crippen LogP contribution in [0.25, 0.3) is 175 Å². The number of para-hydroxylation sites is 7. The van der Waals surface area contributed by atoms with Gasteiger partial charge in [-0.15, -0.1) is 0 Å². The minimum Gasteiger partial charge on any atom is -0.456 e. The minimum atomic E-state index is 0.840. The summed E-state index contributed by atoms with van der Waals surface area (Å²) in [7, 11) is 0. The van der Waals surface area contributed by atoms with Gasteiger partial charge in [-0.1, -0.05) is 303 Å². The van der Waals surface area contributed by atoms with Gasteiger partial charge in [0.15, 0.2) is 0 Å². The summed E-state index contributed by atoms with van der Waals surface area (Å²) in [6, 6.07) is 144. The van der Waals surface area contributed by atoms with E-state index < -0.39 is 0 Å². The number of anilines is 6. The zero-order valence-corrected chi connectivity index (χ0v) is 58.1. The third kappa shape index (κ3) is 9.44. The lowest BCUT2D eigenvalue weighted by molar-refractivity contribution is 0.669. The Kier molecular flexibility index (Phi) is 13.6. The normalized spacial score (nSPS) is 11.9. The second-order valence-corrected chi connectivity index (χ2v) is 28.2. The highest BCUT2D eigenvalue weighted by Gasteiger charge is 2.27. The zero-order chi connectivity index (χ0) is 70.2. The van der Waals surface area contributed by atoms with E-state index in [-0.39, 0.29) is 0 Å². The van der Waals surface area contributed by atoms with Crippen molar-refractivity contribution in [1.82, 2.24) is 8.80 Å². The fourth-order valence-electron chi connectivity index (χ4n) is 17.8. The van der Waals surface area contributed by atoms with Crippen LogP contribution in [0.3, 0.4) is 0 Å². The molecular formula is C102H64N4O. The van der Waals surface area contributed by atoms with Gasteiger partial charge in [-0.05, 0) is 150 Å². The van der Waals surface area contributed by atoms with Gasteiger partial charge in [0.2, 0.25) is 0 Å². The number of benzene rings is 17. The Labute approximate surface area is 616 Å². The van der Waals surface area contributed by atoms with Crippen LogP contribution in [0.15, 0.2) is 393 Å². The van der Waals surface area contributed by atoms with Crippen LogP contribution in [0.5, 0.6) is 0 Å². The number of hydrogen-bond acceptors (Lipinski definition) is 3. The molecule has 0 fully saturated rings. The molecule has 107 heavy (non-hydrogen) atoms. The quantitative estimate of drug-likeness (QED) is 0.144. The lowest BCUT2D eigenvalue weighted by Crippen LogP contribution is -2.15. The lowest BCUT2D eigenvalue weighted by atomic mass is 9.97. The van der Waals surface area contributed by atoms with Crippen molar-refractivity contribution in [1.29, 1.82) is 0 Å². The minimum absolute atomic E-state index is 0.840. The third-order valence-electron chi connectivity index (χ3n) is 22.4. The van der Waals surface area contributed by atoms with E-state index in [0.29, 0.717) is 0 Å². The summed E-state index contributed by atoms with van der Waals surface area (Å²) in [6.07, 6.45) is 0. The van der Waals surface area contributed by atoms with Crippen LogP contribution < -0.4 is 9.80 Å². The monoisotopic (exact) mass is 1360 g/mol. The Morgan fingerprint density at radius 3 is 0.972 bits per heavy atom. The number of fused-ring (bicyclic) bond motifs is 23. The molecular weight excluding hydrogens is 1300 g/mol. The third-order valence-corrected chi connectivity index (χ3v) is 22.4. The largest absolute Gasteiger partial charge is 0.456 e. The zero-order valence-electron chi connectivity index (χ0n) is 58.1. The molecule has 0 spiro atoms. The molecule has 5 aromatic heterocycles. The van der Waals surface area contributed by atoms with Crippen LogP contribution in [0.2, 0.25) is 0 Å². The van der Waals surface area contributed by atoms with E-state index in [1.807, 2.05) is 0 Å². The molecule has 0 aliphatic heterocycles. The summed E-state index contributed by atoms with van der Waals surface area (Å²) in [5, 5.41) is 21.0. The van der Waals surface area contributed by atoms with Gasteiger partial charge in [-0.25, -0.2) is 0 Å². The molecule has 22 aromatic rings. The summed E-state index contributed by atoms with van der Waals surface area (Å²) < 4.78 is 11.8. The molecule has 0 radical (unpaired) electrons. The maximum absolute atomic E-state index is 6.64. The van der Waals surface area contributed by atoms with Crippen LogP contribution in [0.1, 0.15) is 0 Å². The molecule has 498 valence electrons. The Morgan fingerprint density at radius 2 is 0.514 bits per heavy atom. The summed E-state index contributed by atoms with van der Waals surface area (Å²) in [5.74, 6) is 0. The highest BCUT2D eigenvalue weighted by molar-refractivity contribution is 6.27. The molecule has 5 nitrogen and oxygen atoms in total. The van der Waals surface area contributed by atoms with Gasteiger partial charge in [-0.2, -0.15) is 0 Å². The van der Waals surface area contributed by atoms with Gasteiger partial charge in [0.05, 0.1) is 44.5 Å². The number of aromatic nitrogens is 2. The van der Waals surface area contributed by atoms with Crippen molar-refractivity contribution in [2.24, 2.45) is 0 Å². The molecule has 0 saturated carbocycles. The smallest absolute Gasteiger partial charge is 0.135 e. The first-order valence-electron chi connectivity index (χ1n) is 36.8. The second-order valence-electron chi connectivity index (χ2n) is 28.2. The van der Waals surface area contributed by atoms with Crippen molar-refractivity contribution >= 4 is 175 Å². The molecule has 0 atom stereocenters. The number of rotatable bonds is 9. The first-order valence-corrected chi connectivity index (χ1v) is 36.8. The van der Waals surface area contributed by atoms with Crippen LogP contribution in [-0.2, 0) is 0 Å². The molecule has 5 heterocycles. The molecule has 0 aliphatic rings. The van der Waals surface area contributed by atoms with Crippen molar-refractivity contribution in [2.45, 2.75) is 0 Å². The van der Waals surface area contributed by atoms with Crippen LogP contribution >= 0.6 is 0 Å². The van der Waals surface area contributed by atoms with Gasteiger partial charge < -0.3 is 23.0 Å². The van der Waals surface area contributed by atoms with Gasteiger partial charge in [0.1, 0.15) is 11.2 Å². The van der Waals surface area contributed by atoms with Crippen molar-refractivity contribution in [3.63, 3.8) is 0 Å².